The molecule has 8 rings (SSSR count). The number of nitrogens with zero attached hydrogens (tertiary/aromatic N) is 5. The highest BCUT2D eigenvalue weighted by molar-refractivity contribution is 6.76. The molecular weight excluding hydrogens is 1290 g/mol. The Morgan fingerprint density at radius 2 is 0.832 bits per heavy atom. The molecule has 3 aromatic carbocycles. The van der Waals surface area contributed by atoms with Gasteiger partial charge in [0.2, 0.25) is 5.95 Å². The Kier molecular flexibility index (Phi) is 20.5. The van der Waals surface area contributed by atoms with E-state index in [1.807, 2.05) is 36.4 Å². The molecule has 0 amide bonds. The van der Waals surface area contributed by atoms with Gasteiger partial charge in [-0.1, -0.05) is 167 Å². The number of anilines is 2. The zero-order valence-electron chi connectivity index (χ0n) is 62.8. The summed E-state index contributed by atoms with van der Waals surface area (Å²) in [5.74, 6) is 13.7. The fourth-order valence-corrected chi connectivity index (χ4v) is 17.3. The molecule has 2 aliphatic rings. The van der Waals surface area contributed by atoms with Crippen LogP contribution in [0.3, 0.4) is 0 Å². The number of hydrogen-bond donors (Lipinski definition) is 3. The molecule has 18 nitrogen and oxygen atoms in total. The highest BCUT2D eigenvalue weighted by Crippen LogP contribution is 2.51. The zero-order chi connectivity index (χ0) is 71.5. The van der Waals surface area contributed by atoms with E-state index >= 15 is 0 Å². The van der Waals surface area contributed by atoms with Crippen LogP contribution in [-0.2, 0) is 36.0 Å². The monoisotopic (exact) mass is 1400 g/mol. The lowest BCUT2D eigenvalue weighted by atomic mass is 9.97. The molecule has 3 aromatic heterocycles. The number of hydrogen-bond acceptors (Lipinski definition) is 15. The molecule has 24 heteroatoms. The molecule has 95 heavy (non-hydrogen) atoms. The van der Waals surface area contributed by atoms with Gasteiger partial charge in [-0.15, -0.1) is 0 Å². The van der Waals surface area contributed by atoms with Crippen molar-refractivity contribution in [3.63, 3.8) is 0 Å². The average molecular weight is 1410 g/mol. The van der Waals surface area contributed by atoms with Crippen LogP contribution < -0.4 is 22.7 Å². The lowest BCUT2D eigenvalue weighted by Gasteiger charge is -2.45. The summed E-state index contributed by atoms with van der Waals surface area (Å²) in [7, 11) is -15.4. The van der Waals surface area contributed by atoms with Crippen molar-refractivity contribution in [1.29, 1.82) is 0 Å². The number of imidazole rings is 1. The first-order valence-corrected chi connectivity index (χ1v) is 51.0. The minimum absolute atomic E-state index is 0.0194. The molecule has 6 aromatic rings. The smallest absolute Gasteiger partial charge is 0.351 e. The Bertz CT molecular complexity index is 4130. The summed E-state index contributed by atoms with van der Waals surface area (Å²) in [6, 6.07) is 16.1. The van der Waals surface area contributed by atoms with Crippen LogP contribution in [0.1, 0.15) is 160 Å². The Morgan fingerprint density at radius 3 is 1.25 bits per heavy atom. The number of benzene rings is 3. The molecule has 5 N–H and O–H groups in total. The minimum atomic E-state index is -2.65. The summed E-state index contributed by atoms with van der Waals surface area (Å²) in [5, 5.41) is 2.46. The normalized spacial score (nSPS) is 21.7. The maximum Gasteiger partial charge on any atom is 0.351 e. The van der Waals surface area contributed by atoms with Crippen LogP contribution in [0.4, 0.5) is 11.8 Å². The number of aromatic amines is 1. The van der Waals surface area contributed by atoms with Crippen LogP contribution in [0.5, 0.6) is 0 Å². The largest absolute Gasteiger partial charge is 0.406 e. The molecule has 520 valence electrons. The van der Waals surface area contributed by atoms with Gasteiger partial charge in [0, 0.05) is 17.3 Å². The average Bonchev–Trinajstić information content (AvgIpc) is 1.61. The summed E-state index contributed by atoms with van der Waals surface area (Å²) in [4.78, 5) is 45.2. The fraction of sp³-hybridized carbons (Fsp3) is 0.620. The second-order valence-corrected chi connectivity index (χ2v) is 64.0. The van der Waals surface area contributed by atoms with Gasteiger partial charge in [-0.3, -0.25) is 18.9 Å². The first-order valence-electron chi connectivity index (χ1n) is 33.5. The summed E-state index contributed by atoms with van der Waals surface area (Å²) in [6.07, 6.45) is -4.93. The van der Waals surface area contributed by atoms with Gasteiger partial charge >= 0.3 is 5.69 Å². The van der Waals surface area contributed by atoms with Gasteiger partial charge in [0.1, 0.15) is 30.2 Å². The van der Waals surface area contributed by atoms with Crippen molar-refractivity contribution in [3.8, 4) is 23.7 Å². The number of fused-ring (bicyclic) bond motifs is 3. The topological polar surface area (TPSA) is 224 Å². The van der Waals surface area contributed by atoms with E-state index in [1.54, 1.807) is 10.8 Å². The molecular formula is C71H112N8O10Si6. The third-order valence-corrected chi connectivity index (χ3v) is 49.0. The number of ether oxygens (including phenoxy) is 2. The highest BCUT2D eigenvalue weighted by atomic mass is 28.4. The van der Waals surface area contributed by atoms with E-state index in [4.69, 9.17) is 57.5 Å². The standard InChI is InChI=1S/C71H112N8O10Si6/c1-66(2,3)90(19,20)84-53-55(86-92(23,24)68(7,8)9)62(88-94(27,28)70(13,14)15)82-60(53)78-43-48(57(72)75-65(78)81)38-37-44-33-31-35-46-41-47-36-32-34-45(50(47)42-49(44)46)39-40-51-74-52-58(76-64(73)77-59(52)80)79(51)61-54(85-91(21,22)67(4,5)6)56(87-93(25,26)69(10,11)12)63(83-61)89-95(29,30)71(16,17)18/h31-36,41-43,53-56,60-63H,1-30H3,(H2,72,75,81)(H3,73,76,77,80). The minimum Gasteiger partial charge on any atom is -0.406 e. The third kappa shape index (κ3) is 15.5. The summed E-state index contributed by atoms with van der Waals surface area (Å²) in [5.41, 5.74) is 13.9. The second kappa shape index (κ2) is 25.7. The maximum atomic E-state index is 14.4. The Labute approximate surface area is 572 Å². The van der Waals surface area contributed by atoms with Gasteiger partial charge < -0.3 is 47.5 Å². The van der Waals surface area contributed by atoms with Crippen LogP contribution in [-0.4, -0.2) is 116 Å². The molecule has 0 aliphatic carbocycles. The van der Waals surface area contributed by atoms with E-state index in [0.29, 0.717) is 16.7 Å². The number of H-pyrrole nitrogens is 1. The molecule has 2 saturated heterocycles. The Balaban J connectivity index is 1.27. The van der Waals surface area contributed by atoms with Gasteiger partial charge in [0.05, 0.1) is 5.56 Å². The van der Waals surface area contributed by atoms with Crippen LogP contribution in [0.15, 0.2) is 64.3 Å². The summed E-state index contributed by atoms with van der Waals surface area (Å²) < 4.78 is 61.9. The fourth-order valence-electron chi connectivity index (χ4n) is 9.96. The van der Waals surface area contributed by atoms with Crippen molar-refractivity contribution in [2.45, 2.75) is 283 Å². The third-order valence-electron chi connectivity index (χ3n) is 22.3. The molecule has 5 heterocycles. The van der Waals surface area contributed by atoms with Crippen molar-refractivity contribution in [2.75, 3.05) is 11.5 Å². The van der Waals surface area contributed by atoms with Gasteiger partial charge in [-0.25, -0.2) is 9.78 Å². The van der Waals surface area contributed by atoms with Gasteiger partial charge in [0.25, 0.3) is 5.56 Å². The van der Waals surface area contributed by atoms with Crippen molar-refractivity contribution in [3.05, 3.63) is 98.1 Å². The van der Waals surface area contributed by atoms with E-state index in [1.165, 1.54) is 4.57 Å². The molecule has 8 unspecified atom stereocenters. The van der Waals surface area contributed by atoms with E-state index in [-0.39, 0.29) is 59.0 Å². The van der Waals surface area contributed by atoms with E-state index in [0.717, 1.165) is 21.5 Å². The molecule has 2 fully saturated rings. The number of aromatic nitrogens is 6. The predicted octanol–water partition coefficient (Wildman–Crippen LogP) is 16.3. The van der Waals surface area contributed by atoms with Gasteiger partial charge in [0.15, 0.2) is 91.9 Å². The quantitative estimate of drug-likeness (QED) is 0.0524. The van der Waals surface area contributed by atoms with E-state index in [9.17, 15) is 9.59 Å². The number of nitrogens with one attached hydrogen (secondary N) is 1. The van der Waals surface area contributed by atoms with Crippen molar-refractivity contribution < 1.29 is 36.0 Å². The predicted molar refractivity (Wildman–Crippen MR) is 402 cm³/mol. The van der Waals surface area contributed by atoms with Crippen LogP contribution in [0.25, 0.3) is 32.7 Å². The Morgan fingerprint density at radius 1 is 0.463 bits per heavy atom. The molecule has 0 bridgehead atoms. The van der Waals surface area contributed by atoms with Crippen LogP contribution >= 0.6 is 0 Å². The first-order chi connectivity index (χ1) is 43.0. The number of nitrogen functional groups attached to an aromatic ring is 2. The SMILES string of the molecule is CC(C)(C)[Si](C)(C)OC1OC(n2cc(C#Cc3cccc4cc5cccc(C#Cc6nc7c(=O)[nH]c(N)nc7n6C6OC(O[Si](C)(C)C(C)(C)C)C(O[Si](C)(C)C(C)(C)C)C6O[Si](C)(C)C(C)(C)C)c5cc34)c(N)nc2=O)C(O[Si](C)(C)C(C)(C)C)C1O[Si](C)(C)C(C)(C)C. The lowest BCUT2D eigenvalue weighted by molar-refractivity contribution is -0.131. The first kappa shape index (κ1) is 75.9. The molecule has 0 radical (unpaired) electrons. The molecule has 0 saturated carbocycles. The number of nitrogens with two attached hydrogens (primary N) is 2. The highest BCUT2D eigenvalue weighted by Gasteiger charge is 2.59. The van der Waals surface area contributed by atoms with Crippen molar-refractivity contribution in [2.24, 2.45) is 0 Å². The van der Waals surface area contributed by atoms with Crippen LogP contribution in [0, 0.1) is 23.7 Å². The zero-order valence-corrected chi connectivity index (χ0v) is 68.8. The molecule has 2 aliphatic heterocycles. The van der Waals surface area contributed by atoms with Crippen LogP contribution in [0.2, 0.25) is 109 Å². The second-order valence-electron chi connectivity index (χ2n) is 35.5. The van der Waals surface area contributed by atoms with E-state index < -0.39 is 111 Å². The summed E-state index contributed by atoms with van der Waals surface area (Å²) >= 11 is 0. The summed E-state index contributed by atoms with van der Waals surface area (Å²) in [6.45, 7) is 66.2. The number of rotatable bonds is 14. The van der Waals surface area contributed by atoms with E-state index in [2.05, 4.69) is 249 Å². The van der Waals surface area contributed by atoms with Gasteiger partial charge in [-0.05, 0) is 161 Å². The maximum absolute atomic E-state index is 14.4. The Hall–Kier alpha value is -4.89. The van der Waals surface area contributed by atoms with Crippen molar-refractivity contribution >= 4 is 94.4 Å². The van der Waals surface area contributed by atoms with Crippen molar-refractivity contribution in [1.82, 2.24) is 29.1 Å². The van der Waals surface area contributed by atoms with Gasteiger partial charge in [-0.2, -0.15) is 9.97 Å². The molecule has 8 atom stereocenters. The lowest BCUT2D eigenvalue weighted by Crippen LogP contribution is -2.55. The molecule has 0 spiro atoms.